The smallest absolute Gasteiger partial charge is 0.332 e. The molecule has 1 atom stereocenters. The molecule has 1 amide bonds. The normalized spacial score (nSPS) is 11.9. The van der Waals surface area contributed by atoms with Crippen molar-refractivity contribution in [2.24, 2.45) is 0 Å². The van der Waals surface area contributed by atoms with Gasteiger partial charge in [0.1, 0.15) is 6.61 Å². The first-order valence-corrected chi connectivity index (χ1v) is 5.20. The van der Waals surface area contributed by atoms with Gasteiger partial charge in [-0.25, -0.2) is 4.79 Å². The van der Waals surface area contributed by atoms with Crippen LogP contribution in [-0.4, -0.2) is 29.7 Å². The number of aliphatic carboxylic acids is 1. The standard InChI is InChI=1S/C12H15NO4/c1-8-4-3-5-10(6-8)13-11(14)7-17-9(2)12(15)16/h3-6,9H,7H2,1-2H3,(H,13,14)(H,15,16)/t9-/m0/s1. The average molecular weight is 237 g/mol. The average Bonchev–Trinajstić information content (AvgIpc) is 2.25. The van der Waals surface area contributed by atoms with Crippen LogP contribution >= 0.6 is 0 Å². The van der Waals surface area contributed by atoms with Crippen molar-refractivity contribution in [3.63, 3.8) is 0 Å². The zero-order chi connectivity index (χ0) is 12.8. The van der Waals surface area contributed by atoms with Crippen LogP contribution in [0, 0.1) is 6.92 Å². The Labute approximate surface area is 99.4 Å². The van der Waals surface area contributed by atoms with E-state index in [9.17, 15) is 9.59 Å². The highest BCUT2D eigenvalue weighted by molar-refractivity contribution is 5.91. The third kappa shape index (κ3) is 4.65. The number of carboxylic acids is 1. The second-order valence-corrected chi connectivity index (χ2v) is 3.71. The van der Waals surface area contributed by atoms with Crippen LogP contribution in [0.2, 0.25) is 0 Å². The number of benzene rings is 1. The molecule has 0 fully saturated rings. The third-order valence-electron chi connectivity index (χ3n) is 2.11. The van der Waals surface area contributed by atoms with E-state index >= 15 is 0 Å². The maximum atomic E-state index is 11.4. The highest BCUT2D eigenvalue weighted by Crippen LogP contribution is 2.09. The van der Waals surface area contributed by atoms with Gasteiger partial charge >= 0.3 is 5.97 Å². The minimum atomic E-state index is -1.09. The first-order chi connectivity index (χ1) is 7.99. The molecule has 0 aliphatic carbocycles. The highest BCUT2D eigenvalue weighted by Gasteiger charge is 2.13. The van der Waals surface area contributed by atoms with Gasteiger partial charge in [0.25, 0.3) is 0 Å². The van der Waals surface area contributed by atoms with Gasteiger partial charge < -0.3 is 15.2 Å². The molecule has 0 aliphatic heterocycles. The molecule has 92 valence electrons. The van der Waals surface area contributed by atoms with Crippen molar-refractivity contribution in [2.75, 3.05) is 11.9 Å². The number of amides is 1. The molecular weight excluding hydrogens is 222 g/mol. The second kappa shape index (κ2) is 6.00. The Hall–Kier alpha value is -1.88. The third-order valence-corrected chi connectivity index (χ3v) is 2.11. The van der Waals surface area contributed by atoms with E-state index in [1.54, 1.807) is 6.07 Å². The molecule has 5 nitrogen and oxygen atoms in total. The summed E-state index contributed by atoms with van der Waals surface area (Å²) in [5.41, 5.74) is 1.70. The molecule has 0 aliphatic rings. The topological polar surface area (TPSA) is 75.6 Å². The van der Waals surface area contributed by atoms with Gasteiger partial charge in [0.15, 0.2) is 6.10 Å². The lowest BCUT2D eigenvalue weighted by Gasteiger charge is -2.09. The molecule has 0 heterocycles. The van der Waals surface area contributed by atoms with Crippen molar-refractivity contribution in [3.05, 3.63) is 29.8 Å². The Bertz CT molecular complexity index is 417. The van der Waals surface area contributed by atoms with Gasteiger partial charge in [-0.3, -0.25) is 4.79 Å². The van der Waals surface area contributed by atoms with Crippen molar-refractivity contribution < 1.29 is 19.4 Å². The number of carbonyl (C=O) groups excluding carboxylic acids is 1. The summed E-state index contributed by atoms with van der Waals surface area (Å²) in [6, 6.07) is 7.31. The first kappa shape index (κ1) is 13.2. The number of anilines is 1. The number of carbonyl (C=O) groups is 2. The number of carboxylic acid groups (broad SMARTS) is 1. The van der Waals surface area contributed by atoms with Crippen molar-refractivity contribution >= 4 is 17.6 Å². The number of aryl methyl sites for hydroxylation is 1. The molecule has 1 aromatic rings. The Morgan fingerprint density at radius 2 is 2.18 bits per heavy atom. The summed E-state index contributed by atoms with van der Waals surface area (Å²) in [4.78, 5) is 21.9. The maximum Gasteiger partial charge on any atom is 0.332 e. The predicted molar refractivity (Wildman–Crippen MR) is 62.9 cm³/mol. The molecule has 0 saturated heterocycles. The number of rotatable bonds is 5. The molecule has 17 heavy (non-hydrogen) atoms. The van der Waals surface area contributed by atoms with Crippen LogP contribution in [0.1, 0.15) is 12.5 Å². The van der Waals surface area contributed by atoms with Crippen LogP contribution in [-0.2, 0) is 14.3 Å². The molecule has 0 aromatic heterocycles. The molecule has 1 rings (SSSR count). The fourth-order valence-corrected chi connectivity index (χ4v) is 1.19. The van der Waals surface area contributed by atoms with Gasteiger partial charge in [-0.05, 0) is 31.5 Å². The van der Waals surface area contributed by atoms with E-state index in [-0.39, 0.29) is 12.5 Å². The van der Waals surface area contributed by atoms with E-state index in [1.165, 1.54) is 6.92 Å². The quantitative estimate of drug-likeness (QED) is 0.812. The summed E-state index contributed by atoms with van der Waals surface area (Å²) in [7, 11) is 0. The van der Waals surface area contributed by atoms with Crippen molar-refractivity contribution in [1.82, 2.24) is 0 Å². The Morgan fingerprint density at radius 3 is 2.76 bits per heavy atom. The van der Waals surface area contributed by atoms with Gasteiger partial charge in [-0.15, -0.1) is 0 Å². The minimum absolute atomic E-state index is 0.276. The number of ether oxygens (including phenoxy) is 1. The lowest BCUT2D eigenvalue weighted by atomic mass is 10.2. The molecule has 1 aromatic carbocycles. The largest absolute Gasteiger partial charge is 0.479 e. The molecule has 0 spiro atoms. The Morgan fingerprint density at radius 1 is 1.47 bits per heavy atom. The maximum absolute atomic E-state index is 11.4. The minimum Gasteiger partial charge on any atom is -0.479 e. The van der Waals surface area contributed by atoms with Crippen molar-refractivity contribution in [1.29, 1.82) is 0 Å². The Balaban J connectivity index is 2.42. The van der Waals surface area contributed by atoms with Gasteiger partial charge in [-0.1, -0.05) is 12.1 Å². The molecule has 5 heteroatoms. The van der Waals surface area contributed by atoms with Gasteiger partial charge in [0, 0.05) is 5.69 Å². The number of hydrogen-bond donors (Lipinski definition) is 2. The fourth-order valence-electron chi connectivity index (χ4n) is 1.19. The zero-order valence-corrected chi connectivity index (χ0v) is 9.77. The highest BCUT2D eigenvalue weighted by atomic mass is 16.5. The second-order valence-electron chi connectivity index (χ2n) is 3.71. The molecule has 0 saturated carbocycles. The lowest BCUT2D eigenvalue weighted by molar-refractivity contribution is -0.150. The van der Waals surface area contributed by atoms with E-state index < -0.39 is 12.1 Å². The van der Waals surface area contributed by atoms with E-state index in [2.05, 4.69) is 5.32 Å². The summed E-state index contributed by atoms with van der Waals surface area (Å²) in [6.07, 6.45) is -0.988. The SMILES string of the molecule is Cc1cccc(NC(=O)CO[C@@H](C)C(=O)O)c1. The Kier molecular flexibility index (Phi) is 4.66. The summed E-state index contributed by atoms with van der Waals surface area (Å²) in [5, 5.41) is 11.2. The molecule has 0 unspecified atom stereocenters. The zero-order valence-electron chi connectivity index (χ0n) is 9.77. The molecule has 0 bridgehead atoms. The summed E-state index contributed by atoms with van der Waals surface area (Å²) < 4.78 is 4.86. The van der Waals surface area contributed by atoms with E-state index in [0.29, 0.717) is 5.69 Å². The number of nitrogens with one attached hydrogen (secondary N) is 1. The van der Waals surface area contributed by atoms with Crippen LogP contribution < -0.4 is 5.32 Å². The van der Waals surface area contributed by atoms with Crippen molar-refractivity contribution in [2.45, 2.75) is 20.0 Å². The predicted octanol–water partition coefficient (Wildman–Crippen LogP) is 1.42. The monoisotopic (exact) mass is 237 g/mol. The summed E-state index contributed by atoms with van der Waals surface area (Å²) in [5.74, 6) is -1.46. The van der Waals surface area contributed by atoms with Crippen LogP contribution in [0.25, 0.3) is 0 Å². The van der Waals surface area contributed by atoms with Gasteiger partial charge in [0.2, 0.25) is 5.91 Å². The van der Waals surface area contributed by atoms with Crippen LogP contribution in [0.3, 0.4) is 0 Å². The van der Waals surface area contributed by atoms with Crippen LogP contribution in [0.5, 0.6) is 0 Å². The summed E-state index contributed by atoms with van der Waals surface area (Å²) in [6.45, 7) is 3.02. The van der Waals surface area contributed by atoms with Crippen LogP contribution in [0.15, 0.2) is 24.3 Å². The van der Waals surface area contributed by atoms with E-state index in [4.69, 9.17) is 9.84 Å². The van der Waals surface area contributed by atoms with Crippen molar-refractivity contribution in [3.8, 4) is 0 Å². The lowest BCUT2D eigenvalue weighted by Crippen LogP contribution is -2.26. The van der Waals surface area contributed by atoms with Crippen LogP contribution in [0.4, 0.5) is 5.69 Å². The van der Waals surface area contributed by atoms with E-state index in [1.807, 2.05) is 25.1 Å². The molecular formula is C12H15NO4. The first-order valence-electron chi connectivity index (χ1n) is 5.20. The molecule has 2 N–H and O–H groups in total. The van der Waals surface area contributed by atoms with Gasteiger partial charge in [0.05, 0.1) is 0 Å². The fraction of sp³-hybridized carbons (Fsp3) is 0.333. The molecule has 0 radical (unpaired) electrons. The summed E-state index contributed by atoms with van der Waals surface area (Å²) >= 11 is 0. The number of hydrogen-bond acceptors (Lipinski definition) is 3. The van der Waals surface area contributed by atoms with E-state index in [0.717, 1.165) is 5.56 Å². The van der Waals surface area contributed by atoms with Gasteiger partial charge in [-0.2, -0.15) is 0 Å².